The van der Waals surface area contributed by atoms with Crippen molar-refractivity contribution in [1.82, 2.24) is 5.32 Å². The second-order valence-corrected chi connectivity index (χ2v) is 6.25. The minimum atomic E-state index is -3.53. The van der Waals surface area contributed by atoms with Crippen molar-refractivity contribution in [3.63, 3.8) is 0 Å². The maximum Gasteiger partial charge on any atom is 0.337 e. The van der Waals surface area contributed by atoms with E-state index in [-0.39, 0.29) is 27.6 Å². The first-order valence-electron chi connectivity index (χ1n) is 5.42. The lowest BCUT2D eigenvalue weighted by molar-refractivity contribution is 0.0697. The molecule has 20 heavy (non-hydrogen) atoms. The van der Waals surface area contributed by atoms with Crippen LogP contribution in [-0.4, -0.2) is 32.0 Å². The standard InChI is InChI=1S/C12H13ClN2O4S/c1-20(18,19)10-4-3-8(12(16)17)11(13)9(10)7-15-6-2-5-14/h2-6,14-15H,7H2,1H3,(H,16,17)/b6-2-,14-5?. The van der Waals surface area contributed by atoms with Crippen LogP contribution in [0.5, 0.6) is 0 Å². The maximum atomic E-state index is 11.7. The third-order valence-corrected chi connectivity index (χ3v) is 4.03. The van der Waals surface area contributed by atoms with Crippen molar-refractivity contribution in [3.8, 4) is 0 Å². The molecule has 0 radical (unpaired) electrons. The highest BCUT2D eigenvalue weighted by molar-refractivity contribution is 7.90. The fraction of sp³-hybridized carbons (Fsp3) is 0.167. The van der Waals surface area contributed by atoms with Crippen LogP contribution >= 0.6 is 11.6 Å². The number of carboxylic acid groups (broad SMARTS) is 1. The third-order valence-electron chi connectivity index (χ3n) is 2.42. The average Bonchev–Trinajstić information content (AvgIpc) is 2.34. The number of carboxylic acids is 1. The van der Waals surface area contributed by atoms with Gasteiger partial charge in [0.1, 0.15) is 0 Å². The number of aromatic carboxylic acids is 1. The molecule has 0 aromatic heterocycles. The van der Waals surface area contributed by atoms with Crippen LogP contribution in [0.2, 0.25) is 5.02 Å². The first-order valence-corrected chi connectivity index (χ1v) is 7.69. The Morgan fingerprint density at radius 3 is 2.65 bits per heavy atom. The summed E-state index contributed by atoms with van der Waals surface area (Å²) >= 11 is 5.97. The SMILES string of the molecule is CS(=O)(=O)c1ccc(C(=O)O)c(Cl)c1CN/C=C\C=N. The summed E-state index contributed by atoms with van der Waals surface area (Å²) in [5, 5.41) is 18.4. The summed E-state index contributed by atoms with van der Waals surface area (Å²) in [6.45, 7) is 0.0344. The Balaban J connectivity index is 3.33. The maximum absolute atomic E-state index is 11.7. The fourth-order valence-corrected chi connectivity index (χ4v) is 2.86. The Labute approximate surface area is 121 Å². The smallest absolute Gasteiger partial charge is 0.337 e. The molecule has 0 saturated heterocycles. The Morgan fingerprint density at radius 2 is 2.15 bits per heavy atom. The van der Waals surface area contributed by atoms with Crippen molar-refractivity contribution in [1.29, 1.82) is 5.41 Å². The highest BCUT2D eigenvalue weighted by atomic mass is 35.5. The Kier molecular flexibility index (Phi) is 5.29. The van der Waals surface area contributed by atoms with Gasteiger partial charge in [-0.25, -0.2) is 13.2 Å². The second-order valence-electron chi connectivity index (χ2n) is 3.89. The number of halogens is 1. The highest BCUT2D eigenvalue weighted by Gasteiger charge is 2.20. The van der Waals surface area contributed by atoms with E-state index in [2.05, 4.69) is 5.32 Å². The van der Waals surface area contributed by atoms with Gasteiger partial charge in [-0.2, -0.15) is 0 Å². The number of sulfone groups is 1. The van der Waals surface area contributed by atoms with Crippen LogP contribution in [-0.2, 0) is 16.4 Å². The predicted molar refractivity (Wildman–Crippen MR) is 76.3 cm³/mol. The van der Waals surface area contributed by atoms with Crippen LogP contribution in [0.25, 0.3) is 0 Å². The van der Waals surface area contributed by atoms with E-state index in [0.717, 1.165) is 18.5 Å². The molecule has 6 nitrogen and oxygen atoms in total. The molecule has 0 amide bonds. The molecule has 0 spiro atoms. The lowest BCUT2D eigenvalue weighted by atomic mass is 10.1. The molecule has 0 bridgehead atoms. The summed E-state index contributed by atoms with van der Waals surface area (Å²) in [5.41, 5.74) is 0.0237. The topological polar surface area (TPSA) is 107 Å². The van der Waals surface area contributed by atoms with Gasteiger partial charge < -0.3 is 15.8 Å². The number of benzene rings is 1. The Hall–Kier alpha value is -1.86. The van der Waals surface area contributed by atoms with E-state index in [0.29, 0.717) is 0 Å². The summed E-state index contributed by atoms with van der Waals surface area (Å²) in [5.74, 6) is -1.23. The Bertz CT molecular complexity index is 668. The quantitative estimate of drug-likeness (QED) is 0.692. The largest absolute Gasteiger partial charge is 0.478 e. The fourth-order valence-electron chi connectivity index (χ4n) is 1.56. The zero-order valence-corrected chi connectivity index (χ0v) is 12.1. The molecule has 0 aliphatic rings. The molecule has 0 aliphatic carbocycles. The van der Waals surface area contributed by atoms with Crippen LogP contribution < -0.4 is 5.32 Å². The third kappa shape index (κ3) is 3.82. The number of nitrogens with one attached hydrogen (secondary N) is 2. The van der Waals surface area contributed by atoms with Crippen molar-refractivity contribution < 1.29 is 18.3 Å². The van der Waals surface area contributed by atoms with Gasteiger partial charge >= 0.3 is 5.97 Å². The molecule has 108 valence electrons. The molecule has 1 aromatic carbocycles. The zero-order chi connectivity index (χ0) is 15.3. The molecule has 0 heterocycles. The molecule has 0 fully saturated rings. The van der Waals surface area contributed by atoms with Gasteiger partial charge in [-0.3, -0.25) is 0 Å². The van der Waals surface area contributed by atoms with E-state index >= 15 is 0 Å². The summed E-state index contributed by atoms with van der Waals surface area (Å²) in [7, 11) is -3.53. The first-order chi connectivity index (χ1) is 9.29. The van der Waals surface area contributed by atoms with Crippen LogP contribution in [0.4, 0.5) is 0 Å². The van der Waals surface area contributed by atoms with Gasteiger partial charge in [0.2, 0.25) is 0 Å². The summed E-state index contributed by atoms with van der Waals surface area (Å²) in [6, 6.07) is 2.39. The van der Waals surface area contributed by atoms with E-state index in [9.17, 15) is 13.2 Å². The number of hydrogen-bond acceptors (Lipinski definition) is 5. The highest BCUT2D eigenvalue weighted by Crippen LogP contribution is 2.28. The minimum absolute atomic E-state index is 0.0248. The second kappa shape index (κ2) is 6.53. The Morgan fingerprint density at radius 1 is 1.50 bits per heavy atom. The van der Waals surface area contributed by atoms with Gasteiger partial charge in [0.25, 0.3) is 0 Å². The molecule has 0 aliphatic heterocycles. The van der Waals surface area contributed by atoms with Crippen molar-refractivity contribution in [2.24, 2.45) is 0 Å². The number of allylic oxidation sites excluding steroid dienone is 1. The lowest BCUT2D eigenvalue weighted by Gasteiger charge is -2.12. The van der Waals surface area contributed by atoms with Crippen LogP contribution in [0, 0.1) is 5.41 Å². The van der Waals surface area contributed by atoms with Gasteiger partial charge in [0, 0.05) is 24.6 Å². The van der Waals surface area contributed by atoms with Crippen molar-refractivity contribution in [3.05, 3.63) is 40.6 Å². The van der Waals surface area contributed by atoms with Gasteiger partial charge in [-0.1, -0.05) is 11.6 Å². The lowest BCUT2D eigenvalue weighted by Crippen LogP contribution is -2.13. The summed E-state index contributed by atoms with van der Waals surface area (Å²) in [4.78, 5) is 11.0. The van der Waals surface area contributed by atoms with E-state index in [1.165, 1.54) is 18.3 Å². The minimum Gasteiger partial charge on any atom is -0.478 e. The number of carbonyl (C=O) groups is 1. The van der Waals surface area contributed by atoms with Gasteiger partial charge in [0.15, 0.2) is 9.84 Å². The molecule has 3 N–H and O–H groups in total. The van der Waals surface area contributed by atoms with Crippen LogP contribution in [0.1, 0.15) is 15.9 Å². The first kappa shape index (κ1) is 16.2. The molecule has 0 saturated carbocycles. The van der Waals surface area contributed by atoms with E-state index < -0.39 is 15.8 Å². The normalized spacial score (nSPS) is 11.5. The molecule has 0 unspecified atom stereocenters. The molecular weight excluding hydrogens is 304 g/mol. The number of rotatable bonds is 6. The number of hydrogen-bond donors (Lipinski definition) is 3. The van der Waals surface area contributed by atoms with Crippen LogP contribution in [0.3, 0.4) is 0 Å². The molecule has 1 rings (SSSR count). The van der Waals surface area contributed by atoms with Gasteiger partial charge in [-0.15, -0.1) is 0 Å². The zero-order valence-electron chi connectivity index (χ0n) is 10.6. The monoisotopic (exact) mass is 316 g/mol. The average molecular weight is 317 g/mol. The van der Waals surface area contributed by atoms with Gasteiger partial charge in [-0.05, 0) is 24.4 Å². The molecule has 0 atom stereocenters. The van der Waals surface area contributed by atoms with Gasteiger partial charge in [0.05, 0.1) is 15.5 Å². The van der Waals surface area contributed by atoms with Crippen molar-refractivity contribution >= 4 is 33.6 Å². The van der Waals surface area contributed by atoms with E-state index in [4.69, 9.17) is 22.1 Å². The van der Waals surface area contributed by atoms with Crippen molar-refractivity contribution in [2.75, 3.05) is 6.26 Å². The summed E-state index contributed by atoms with van der Waals surface area (Å²) in [6.07, 6.45) is 4.90. The van der Waals surface area contributed by atoms with Crippen LogP contribution in [0.15, 0.2) is 29.3 Å². The van der Waals surface area contributed by atoms with Crippen molar-refractivity contribution in [2.45, 2.75) is 11.4 Å². The van der Waals surface area contributed by atoms with E-state index in [1.54, 1.807) is 0 Å². The summed E-state index contributed by atoms with van der Waals surface area (Å²) < 4.78 is 23.4. The van der Waals surface area contributed by atoms with E-state index in [1.807, 2.05) is 0 Å². The molecule has 8 heteroatoms. The molecule has 1 aromatic rings. The molecular formula is C12H13ClN2O4S. The predicted octanol–water partition coefficient (Wildman–Crippen LogP) is 1.69.